The molecule has 20 heavy (non-hydrogen) atoms. The molecule has 0 radical (unpaired) electrons. The summed E-state index contributed by atoms with van der Waals surface area (Å²) in [6.45, 7) is 2.32. The molecule has 2 aromatic rings. The van der Waals surface area contributed by atoms with Crippen molar-refractivity contribution >= 4 is 27.6 Å². The average Bonchev–Trinajstić information content (AvgIpc) is 2.83. The van der Waals surface area contributed by atoms with E-state index in [4.69, 9.17) is 9.52 Å². The molecule has 4 nitrogen and oxygen atoms in total. The third-order valence-electron chi connectivity index (χ3n) is 3.01. The van der Waals surface area contributed by atoms with Crippen molar-refractivity contribution in [2.24, 2.45) is 5.92 Å². The molecule has 2 rings (SSSR count). The Bertz CT molecular complexity index is 577. The Morgan fingerprint density at radius 3 is 2.65 bits per heavy atom. The van der Waals surface area contributed by atoms with Gasteiger partial charge in [0.25, 0.3) is 0 Å². The number of hydrogen-bond acceptors (Lipinski definition) is 3. The van der Waals surface area contributed by atoms with Crippen LogP contribution in [0.2, 0.25) is 0 Å². The summed E-state index contributed by atoms with van der Waals surface area (Å²) in [6.07, 6.45) is 2.19. The van der Waals surface area contributed by atoms with E-state index in [2.05, 4.69) is 21.2 Å². The van der Waals surface area contributed by atoms with Crippen LogP contribution in [0, 0.1) is 5.92 Å². The summed E-state index contributed by atoms with van der Waals surface area (Å²) >= 11 is 3.33. The van der Waals surface area contributed by atoms with Gasteiger partial charge in [0.05, 0.1) is 16.9 Å². The van der Waals surface area contributed by atoms with Crippen LogP contribution < -0.4 is 5.32 Å². The highest BCUT2D eigenvalue weighted by molar-refractivity contribution is 9.10. The first-order valence-corrected chi connectivity index (χ1v) is 7.12. The molecule has 0 fully saturated rings. The summed E-state index contributed by atoms with van der Waals surface area (Å²) < 4.78 is 6.24. The molecule has 0 bridgehead atoms. The van der Waals surface area contributed by atoms with Crippen molar-refractivity contribution in [1.29, 1.82) is 0 Å². The lowest BCUT2D eigenvalue weighted by atomic mass is 10.0. The summed E-state index contributed by atoms with van der Waals surface area (Å²) in [6, 6.07) is 9.69. The van der Waals surface area contributed by atoms with Gasteiger partial charge in [-0.15, -0.1) is 0 Å². The van der Waals surface area contributed by atoms with E-state index in [0.717, 1.165) is 21.5 Å². The number of carbonyl (C=O) groups is 1. The van der Waals surface area contributed by atoms with Crippen LogP contribution in [-0.4, -0.2) is 11.1 Å². The molecule has 5 heteroatoms. The van der Waals surface area contributed by atoms with Gasteiger partial charge in [0.15, 0.2) is 0 Å². The Morgan fingerprint density at radius 1 is 1.40 bits per heavy atom. The molecule has 106 valence electrons. The van der Waals surface area contributed by atoms with E-state index in [0.29, 0.717) is 13.0 Å². The molecular formula is C15H16BrNO3. The largest absolute Gasteiger partial charge is 0.481 e. The first kappa shape index (κ1) is 14.7. The summed E-state index contributed by atoms with van der Waals surface area (Å²) in [5, 5.41) is 12.1. The summed E-state index contributed by atoms with van der Waals surface area (Å²) in [5.74, 6) is -0.287. The van der Waals surface area contributed by atoms with Crippen LogP contribution in [0.15, 0.2) is 45.5 Å². The van der Waals surface area contributed by atoms with Crippen LogP contribution in [0.3, 0.4) is 0 Å². The van der Waals surface area contributed by atoms with Gasteiger partial charge >= 0.3 is 5.97 Å². The lowest BCUT2D eigenvalue weighted by Crippen LogP contribution is -2.12. The van der Waals surface area contributed by atoms with Gasteiger partial charge in [-0.25, -0.2) is 0 Å². The van der Waals surface area contributed by atoms with E-state index in [1.165, 1.54) is 0 Å². The number of benzene rings is 1. The zero-order chi connectivity index (χ0) is 14.5. The second kappa shape index (κ2) is 6.61. The van der Waals surface area contributed by atoms with Crippen molar-refractivity contribution in [2.45, 2.75) is 19.9 Å². The number of hydrogen-bond donors (Lipinski definition) is 2. The zero-order valence-electron chi connectivity index (χ0n) is 11.1. The van der Waals surface area contributed by atoms with Crippen molar-refractivity contribution in [3.05, 3.63) is 52.4 Å². The molecule has 0 amide bonds. The van der Waals surface area contributed by atoms with Gasteiger partial charge in [-0.3, -0.25) is 4.79 Å². The molecule has 0 aliphatic carbocycles. The van der Waals surface area contributed by atoms with Gasteiger partial charge in [-0.2, -0.15) is 0 Å². The first-order valence-electron chi connectivity index (χ1n) is 6.33. The molecule has 0 spiro atoms. The lowest BCUT2D eigenvalue weighted by Gasteiger charge is -2.08. The number of halogens is 1. The smallest absolute Gasteiger partial charge is 0.306 e. The van der Waals surface area contributed by atoms with Gasteiger partial charge in [-0.05, 0) is 46.1 Å². The lowest BCUT2D eigenvalue weighted by molar-refractivity contribution is -0.141. The van der Waals surface area contributed by atoms with E-state index in [1.807, 2.05) is 30.3 Å². The van der Waals surface area contributed by atoms with E-state index < -0.39 is 5.97 Å². The topological polar surface area (TPSA) is 62.5 Å². The molecule has 2 N–H and O–H groups in total. The predicted molar refractivity (Wildman–Crippen MR) is 80.7 cm³/mol. The average molecular weight is 338 g/mol. The monoisotopic (exact) mass is 337 g/mol. The molecule has 1 aromatic heterocycles. The fourth-order valence-corrected chi connectivity index (χ4v) is 2.18. The summed E-state index contributed by atoms with van der Waals surface area (Å²) in [4.78, 5) is 10.8. The number of aliphatic carboxylic acids is 1. The van der Waals surface area contributed by atoms with E-state index in [9.17, 15) is 4.79 Å². The highest BCUT2D eigenvalue weighted by Gasteiger charge is 2.11. The van der Waals surface area contributed by atoms with Crippen molar-refractivity contribution in [3.63, 3.8) is 0 Å². The summed E-state index contributed by atoms with van der Waals surface area (Å²) in [5.41, 5.74) is 2.00. The minimum atomic E-state index is -0.768. The zero-order valence-corrected chi connectivity index (χ0v) is 12.7. The number of nitrogens with one attached hydrogen (secondary N) is 1. The second-order valence-corrected chi connectivity index (χ2v) is 5.64. The van der Waals surface area contributed by atoms with Gasteiger partial charge in [0.1, 0.15) is 12.0 Å². The van der Waals surface area contributed by atoms with Crippen molar-refractivity contribution in [1.82, 2.24) is 0 Å². The maximum Gasteiger partial charge on any atom is 0.306 e. The molecule has 1 aromatic carbocycles. The standard InChI is InChI=1S/C15H16BrNO3/c1-10(15(18)19)6-11-2-4-13(5-3-11)17-8-14-7-12(16)9-20-14/h2-5,7,9-10,17H,6,8H2,1H3,(H,18,19). The van der Waals surface area contributed by atoms with Gasteiger partial charge in [-0.1, -0.05) is 19.1 Å². The van der Waals surface area contributed by atoms with Crippen LogP contribution in [0.25, 0.3) is 0 Å². The van der Waals surface area contributed by atoms with Crippen LogP contribution in [0.5, 0.6) is 0 Å². The van der Waals surface area contributed by atoms with Crippen molar-refractivity contribution in [2.75, 3.05) is 5.32 Å². The van der Waals surface area contributed by atoms with E-state index in [-0.39, 0.29) is 5.92 Å². The normalized spacial score (nSPS) is 12.1. The van der Waals surface area contributed by atoms with Crippen molar-refractivity contribution in [3.8, 4) is 0 Å². The number of carboxylic acids is 1. The van der Waals surface area contributed by atoms with Gasteiger partial charge in [0.2, 0.25) is 0 Å². The van der Waals surface area contributed by atoms with Crippen LogP contribution in [0.4, 0.5) is 5.69 Å². The maximum absolute atomic E-state index is 10.8. The Kier molecular flexibility index (Phi) is 4.84. The third kappa shape index (κ3) is 4.13. The molecule has 0 saturated carbocycles. The molecule has 0 aliphatic heterocycles. The Labute approximate surface area is 125 Å². The number of anilines is 1. The minimum absolute atomic E-state index is 0.366. The first-order chi connectivity index (χ1) is 9.54. The van der Waals surface area contributed by atoms with E-state index in [1.54, 1.807) is 13.2 Å². The summed E-state index contributed by atoms with van der Waals surface area (Å²) in [7, 11) is 0. The number of carboxylic acid groups (broad SMARTS) is 1. The Morgan fingerprint density at radius 2 is 2.10 bits per heavy atom. The molecular weight excluding hydrogens is 322 g/mol. The second-order valence-electron chi connectivity index (χ2n) is 4.73. The molecule has 1 atom stereocenters. The minimum Gasteiger partial charge on any atom is -0.481 e. The fraction of sp³-hybridized carbons (Fsp3) is 0.267. The Balaban J connectivity index is 1.89. The Hall–Kier alpha value is -1.75. The van der Waals surface area contributed by atoms with Gasteiger partial charge in [0, 0.05) is 5.69 Å². The quantitative estimate of drug-likeness (QED) is 0.838. The highest BCUT2D eigenvalue weighted by Crippen LogP contribution is 2.17. The van der Waals surface area contributed by atoms with Crippen LogP contribution >= 0.6 is 15.9 Å². The molecule has 1 unspecified atom stereocenters. The van der Waals surface area contributed by atoms with Crippen LogP contribution in [-0.2, 0) is 17.8 Å². The van der Waals surface area contributed by atoms with Crippen LogP contribution in [0.1, 0.15) is 18.2 Å². The van der Waals surface area contributed by atoms with Crippen molar-refractivity contribution < 1.29 is 14.3 Å². The predicted octanol–water partition coefficient (Wildman–Crippen LogP) is 3.92. The third-order valence-corrected chi connectivity index (χ3v) is 3.42. The molecule has 0 aliphatic rings. The SMILES string of the molecule is CC(Cc1ccc(NCc2cc(Br)co2)cc1)C(=O)O. The van der Waals surface area contributed by atoms with E-state index >= 15 is 0 Å². The molecule has 0 saturated heterocycles. The van der Waals surface area contributed by atoms with Gasteiger partial charge < -0.3 is 14.8 Å². The molecule has 1 heterocycles. The fourth-order valence-electron chi connectivity index (χ4n) is 1.84. The number of rotatable bonds is 6. The number of furan rings is 1. The highest BCUT2D eigenvalue weighted by atomic mass is 79.9. The maximum atomic E-state index is 10.8.